The van der Waals surface area contributed by atoms with E-state index in [1.807, 2.05) is 18.2 Å². The van der Waals surface area contributed by atoms with Gasteiger partial charge in [-0.1, -0.05) is 36.8 Å². The molecule has 0 bridgehead atoms. The topological polar surface area (TPSA) is 47.9 Å². The zero-order valence-corrected chi connectivity index (χ0v) is 16.9. The molecule has 0 radical (unpaired) electrons. The van der Waals surface area contributed by atoms with Crippen LogP contribution in [-0.2, 0) is 6.42 Å². The molecule has 1 aromatic carbocycles. The lowest BCUT2D eigenvalue weighted by atomic mass is 9.68. The van der Waals surface area contributed by atoms with Crippen LogP contribution in [0.4, 0.5) is 0 Å². The molecule has 5 heteroatoms. The highest BCUT2D eigenvalue weighted by atomic mass is 127. The zero-order valence-electron chi connectivity index (χ0n) is 14.6. The third kappa shape index (κ3) is 4.85. The highest BCUT2D eigenvalue weighted by Crippen LogP contribution is 2.47. The summed E-state index contributed by atoms with van der Waals surface area (Å²) >= 11 is 0. The van der Waals surface area contributed by atoms with Gasteiger partial charge in [0.2, 0.25) is 0 Å². The first-order valence-electron chi connectivity index (χ1n) is 8.96. The van der Waals surface area contributed by atoms with Crippen LogP contribution < -0.4 is 5.32 Å². The van der Waals surface area contributed by atoms with Crippen LogP contribution in [0.25, 0.3) is 0 Å². The molecule has 2 aliphatic rings. The Labute approximate surface area is 162 Å². The largest absolute Gasteiger partial charge is 0.391 e. The van der Waals surface area contributed by atoms with Crippen molar-refractivity contribution in [2.45, 2.75) is 45.1 Å². The Kier molecular flexibility index (Phi) is 7.34. The SMILES string of the molecule is CCNC(=NCC(O)Cc1ccccc1)N1CCC2(CCC2)C1.I. The fraction of sp³-hybridized carbons (Fsp3) is 0.632. The molecule has 1 saturated carbocycles. The maximum atomic E-state index is 10.3. The van der Waals surface area contributed by atoms with Crippen molar-refractivity contribution in [2.24, 2.45) is 10.4 Å². The molecule has 24 heavy (non-hydrogen) atoms. The maximum absolute atomic E-state index is 10.3. The minimum absolute atomic E-state index is 0. The van der Waals surface area contributed by atoms with Gasteiger partial charge in [0.25, 0.3) is 0 Å². The maximum Gasteiger partial charge on any atom is 0.194 e. The number of likely N-dealkylation sites (tertiary alicyclic amines) is 1. The molecular formula is C19H30IN3O. The lowest BCUT2D eigenvalue weighted by Crippen LogP contribution is -2.43. The molecule has 1 unspecified atom stereocenters. The predicted octanol–water partition coefficient (Wildman–Crippen LogP) is 3.05. The first kappa shape index (κ1) is 19.5. The Bertz CT molecular complexity index is 531. The summed E-state index contributed by atoms with van der Waals surface area (Å²) in [6, 6.07) is 10.1. The molecule has 1 atom stereocenters. The second-order valence-corrected chi connectivity index (χ2v) is 7.06. The van der Waals surface area contributed by atoms with Gasteiger partial charge in [0.15, 0.2) is 5.96 Å². The van der Waals surface area contributed by atoms with Gasteiger partial charge in [-0.25, -0.2) is 0 Å². The second kappa shape index (κ2) is 9.04. The third-order valence-electron chi connectivity index (χ3n) is 5.25. The first-order chi connectivity index (χ1) is 11.2. The van der Waals surface area contributed by atoms with Gasteiger partial charge in [-0.05, 0) is 37.2 Å². The quantitative estimate of drug-likeness (QED) is 0.418. The van der Waals surface area contributed by atoms with E-state index in [4.69, 9.17) is 4.99 Å². The zero-order chi connectivity index (χ0) is 16.1. The highest BCUT2D eigenvalue weighted by Gasteiger charge is 2.43. The van der Waals surface area contributed by atoms with Crippen LogP contribution in [0, 0.1) is 5.41 Å². The van der Waals surface area contributed by atoms with Gasteiger partial charge in [-0.3, -0.25) is 4.99 Å². The van der Waals surface area contributed by atoms with Crippen LogP contribution in [-0.4, -0.2) is 48.2 Å². The number of nitrogens with one attached hydrogen (secondary N) is 1. The van der Waals surface area contributed by atoms with Crippen LogP contribution in [0.1, 0.15) is 38.2 Å². The van der Waals surface area contributed by atoms with Crippen molar-refractivity contribution < 1.29 is 5.11 Å². The summed E-state index contributed by atoms with van der Waals surface area (Å²) in [7, 11) is 0. The van der Waals surface area contributed by atoms with E-state index in [0.717, 1.165) is 31.2 Å². The molecule has 1 heterocycles. The van der Waals surface area contributed by atoms with E-state index in [-0.39, 0.29) is 24.0 Å². The summed E-state index contributed by atoms with van der Waals surface area (Å²) in [6.45, 7) is 5.66. The lowest BCUT2D eigenvalue weighted by molar-refractivity contribution is 0.151. The Morgan fingerprint density at radius 1 is 1.29 bits per heavy atom. The number of aliphatic hydroxyl groups excluding tert-OH is 1. The first-order valence-corrected chi connectivity index (χ1v) is 8.96. The Morgan fingerprint density at radius 2 is 2.04 bits per heavy atom. The molecule has 0 amide bonds. The average Bonchev–Trinajstić information content (AvgIpc) is 2.98. The molecule has 2 fully saturated rings. The smallest absolute Gasteiger partial charge is 0.194 e. The van der Waals surface area contributed by atoms with E-state index in [2.05, 4.69) is 29.3 Å². The molecule has 1 aliphatic heterocycles. The van der Waals surface area contributed by atoms with Gasteiger partial charge in [0.05, 0.1) is 12.6 Å². The monoisotopic (exact) mass is 443 g/mol. The standard InChI is InChI=1S/C19H29N3O.HI/c1-2-20-18(22-12-11-19(15-22)9-6-10-19)21-14-17(23)13-16-7-4-3-5-8-16;/h3-5,7-8,17,23H,2,6,9-15H2,1H3,(H,20,21);1H. The van der Waals surface area contributed by atoms with E-state index in [1.54, 1.807) is 0 Å². The number of rotatable bonds is 5. The van der Waals surface area contributed by atoms with Crippen molar-refractivity contribution in [3.63, 3.8) is 0 Å². The van der Waals surface area contributed by atoms with Crippen molar-refractivity contribution in [3.05, 3.63) is 35.9 Å². The minimum atomic E-state index is -0.425. The van der Waals surface area contributed by atoms with E-state index in [9.17, 15) is 5.11 Å². The van der Waals surface area contributed by atoms with Crippen molar-refractivity contribution in [1.82, 2.24) is 10.2 Å². The number of guanidine groups is 1. The van der Waals surface area contributed by atoms with Gasteiger partial charge >= 0.3 is 0 Å². The Balaban J connectivity index is 0.00000208. The summed E-state index contributed by atoms with van der Waals surface area (Å²) in [5, 5.41) is 13.7. The fourth-order valence-electron chi connectivity index (χ4n) is 3.77. The number of halogens is 1. The molecule has 1 saturated heterocycles. The Morgan fingerprint density at radius 3 is 2.62 bits per heavy atom. The molecule has 134 valence electrons. The Hall–Kier alpha value is -0.820. The van der Waals surface area contributed by atoms with E-state index in [0.29, 0.717) is 18.4 Å². The number of aliphatic hydroxyl groups is 1. The van der Waals surface area contributed by atoms with E-state index >= 15 is 0 Å². The summed E-state index contributed by atoms with van der Waals surface area (Å²) < 4.78 is 0. The van der Waals surface area contributed by atoms with Crippen LogP contribution in [0.3, 0.4) is 0 Å². The normalized spacial score (nSPS) is 20.4. The number of nitrogens with zero attached hydrogens (tertiary/aromatic N) is 2. The molecule has 3 rings (SSSR count). The van der Waals surface area contributed by atoms with Crippen molar-refractivity contribution in [2.75, 3.05) is 26.2 Å². The second-order valence-electron chi connectivity index (χ2n) is 7.06. The fourth-order valence-corrected chi connectivity index (χ4v) is 3.77. The number of hydrogen-bond donors (Lipinski definition) is 2. The highest BCUT2D eigenvalue weighted by molar-refractivity contribution is 14.0. The van der Waals surface area contributed by atoms with Crippen molar-refractivity contribution >= 4 is 29.9 Å². The molecular weight excluding hydrogens is 413 g/mol. The summed E-state index contributed by atoms with van der Waals surface area (Å²) in [5.74, 6) is 0.975. The van der Waals surface area contributed by atoms with E-state index in [1.165, 1.54) is 25.7 Å². The van der Waals surface area contributed by atoms with Gasteiger partial charge in [0.1, 0.15) is 0 Å². The van der Waals surface area contributed by atoms with Crippen LogP contribution >= 0.6 is 24.0 Å². The van der Waals surface area contributed by atoms with Crippen LogP contribution in [0.15, 0.2) is 35.3 Å². The molecule has 0 aromatic heterocycles. The lowest BCUT2D eigenvalue weighted by Gasteiger charge is -2.38. The van der Waals surface area contributed by atoms with Gasteiger partial charge in [-0.2, -0.15) is 0 Å². The summed E-state index contributed by atoms with van der Waals surface area (Å²) in [4.78, 5) is 7.08. The van der Waals surface area contributed by atoms with Crippen molar-refractivity contribution in [1.29, 1.82) is 0 Å². The number of aliphatic imine (C=N–C) groups is 1. The minimum Gasteiger partial charge on any atom is -0.391 e. The number of benzene rings is 1. The van der Waals surface area contributed by atoms with Crippen LogP contribution in [0.5, 0.6) is 0 Å². The molecule has 2 N–H and O–H groups in total. The molecule has 4 nitrogen and oxygen atoms in total. The average molecular weight is 443 g/mol. The van der Waals surface area contributed by atoms with E-state index < -0.39 is 6.10 Å². The van der Waals surface area contributed by atoms with Gasteiger partial charge in [-0.15, -0.1) is 24.0 Å². The molecule has 1 aliphatic carbocycles. The van der Waals surface area contributed by atoms with Crippen LogP contribution in [0.2, 0.25) is 0 Å². The third-order valence-corrected chi connectivity index (χ3v) is 5.25. The van der Waals surface area contributed by atoms with Gasteiger partial charge in [0, 0.05) is 26.1 Å². The number of hydrogen-bond acceptors (Lipinski definition) is 2. The molecule has 1 aromatic rings. The predicted molar refractivity (Wildman–Crippen MR) is 110 cm³/mol. The summed E-state index contributed by atoms with van der Waals surface area (Å²) in [5.41, 5.74) is 1.73. The van der Waals surface area contributed by atoms with Gasteiger partial charge < -0.3 is 15.3 Å². The molecule has 1 spiro atoms. The summed E-state index contributed by atoms with van der Waals surface area (Å²) in [6.07, 6.45) is 5.67. The van der Waals surface area contributed by atoms with Crippen molar-refractivity contribution in [3.8, 4) is 0 Å².